The van der Waals surface area contributed by atoms with Gasteiger partial charge in [0.25, 0.3) is 5.91 Å². The highest BCUT2D eigenvalue weighted by Gasteiger charge is 2.33. The summed E-state index contributed by atoms with van der Waals surface area (Å²) in [5.41, 5.74) is 1.36. The van der Waals surface area contributed by atoms with Gasteiger partial charge in [0, 0.05) is 27.2 Å². The molecule has 1 N–H and O–H groups in total. The fraction of sp³-hybridized carbons (Fsp3) is 0.625. The SMILES string of the molecule is CN=C(C(=O)N(C)[C@H](CCC(C)C)c1ccc(C(=O)O)cc1)N1CCCC(C)(C)C1. The van der Waals surface area contributed by atoms with Crippen LogP contribution < -0.4 is 0 Å². The molecule has 1 aromatic carbocycles. The number of amidine groups is 1. The van der Waals surface area contributed by atoms with Gasteiger partial charge in [-0.25, -0.2) is 4.79 Å². The average molecular weight is 416 g/mol. The zero-order valence-corrected chi connectivity index (χ0v) is 19.3. The predicted molar refractivity (Wildman–Crippen MR) is 121 cm³/mol. The molecule has 1 atom stereocenters. The van der Waals surface area contributed by atoms with Gasteiger partial charge in [-0.05, 0) is 54.7 Å². The molecule has 6 heteroatoms. The van der Waals surface area contributed by atoms with Gasteiger partial charge < -0.3 is 14.9 Å². The molecule has 1 saturated heterocycles. The normalized spacial score (nSPS) is 17.7. The van der Waals surface area contributed by atoms with Gasteiger partial charge in [0.05, 0.1) is 11.6 Å². The molecule has 2 rings (SSSR count). The number of rotatable bonds is 6. The fourth-order valence-electron chi connectivity index (χ4n) is 4.20. The van der Waals surface area contributed by atoms with E-state index in [1.807, 2.05) is 19.2 Å². The largest absolute Gasteiger partial charge is 0.478 e. The molecule has 6 nitrogen and oxygen atoms in total. The summed E-state index contributed by atoms with van der Waals surface area (Å²) in [6, 6.07) is 6.74. The second-order valence-corrected chi connectivity index (χ2v) is 9.57. The minimum absolute atomic E-state index is 0.0775. The van der Waals surface area contributed by atoms with Crippen LogP contribution in [0.25, 0.3) is 0 Å². The van der Waals surface area contributed by atoms with Crippen LogP contribution in [0.5, 0.6) is 0 Å². The van der Waals surface area contributed by atoms with E-state index in [1.165, 1.54) is 0 Å². The van der Waals surface area contributed by atoms with Crippen molar-refractivity contribution in [2.75, 3.05) is 27.2 Å². The monoisotopic (exact) mass is 415 g/mol. The number of carbonyl (C=O) groups is 2. The Morgan fingerprint density at radius 1 is 1.20 bits per heavy atom. The third-order valence-electron chi connectivity index (χ3n) is 5.95. The second-order valence-electron chi connectivity index (χ2n) is 9.57. The number of hydrogen-bond acceptors (Lipinski definition) is 3. The topological polar surface area (TPSA) is 73.2 Å². The molecule has 0 radical (unpaired) electrons. The van der Waals surface area contributed by atoms with Crippen LogP contribution >= 0.6 is 0 Å². The van der Waals surface area contributed by atoms with Crippen molar-refractivity contribution in [2.24, 2.45) is 16.3 Å². The Morgan fingerprint density at radius 2 is 1.83 bits per heavy atom. The number of aliphatic imine (C=N–C) groups is 1. The van der Waals surface area contributed by atoms with Crippen molar-refractivity contribution in [3.05, 3.63) is 35.4 Å². The van der Waals surface area contributed by atoms with Crippen molar-refractivity contribution in [1.82, 2.24) is 9.80 Å². The fourth-order valence-corrected chi connectivity index (χ4v) is 4.20. The molecule has 30 heavy (non-hydrogen) atoms. The van der Waals surface area contributed by atoms with Crippen LogP contribution in [0.2, 0.25) is 0 Å². The Balaban J connectivity index is 2.27. The van der Waals surface area contributed by atoms with E-state index in [0.29, 0.717) is 11.8 Å². The highest BCUT2D eigenvalue weighted by atomic mass is 16.4. The minimum Gasteiger partial charge on any atom is -0.478 e. The third-order valence-corrected chi connectivity index (χ3v) is 5.95. The van der Waals surface area contributed by atoms with Crippen LogP contribution in [0.4, 0.5) is 0 Å². The summed E-state index contributed by atoms with van der Waals surface area (Å²) in [7, 11) is 3.52. The minimum atomic E-state index is -0.946. The maximum atomic E-state index is 13.5. The molecular formula is C24H37N3O3. The number of carbonyl (C=O) groups excluding carboxylic acids is 1. The first kappa shape index (κ1) is 23.9. The predicted octanol–water partition coefficient (Wildman–Crippen LogP) is 4.47. The van der Waals surface area contributed by atoms with Gasteiger partial charge >= 0.3 is 5.97 Å². The number of aromatic carboxylic acids is 1. The first-order valence-corrected chi connectivity index (χ1v) is 10.9. The Bertz CT molecular complexity index is 768. The van der Waals surface area contributed by atoms with E-state index in [-0.39, 0.29) is 22.9 Å². The van der Waals surface area contributed by atoms with E-state index < -0.39 is 5.97 Å². The molecule has 1 aliphatic heterocycles. The first-order chi connectivity index (χ1) is 14.1. The van der Waals surface area contributed by atoms with Crippen LogP contribution in [0.15, 0.2) is 29.3 Å². The summed E-state index contributed by atoms with van der Waals surface area (Å²) in [6.07, 6.45) is 3.99. The summed E-state index contributed by atoms with van der Waals surface area (Å²) in [5, 5.41) is 9.19. The Labute approximate surface area is 181 Å². The number of carboxylic acid groups (broad SMARTS) is 1. The Morgan fingerprint density at radius 3 is 2.33 bits per heavy atom. The number of hydrogen-bond donors (Lipinski definition) is 1. The zero-order valence-electron chi connectivity index (χ0n) is 19.3. The van der Waals surface area contributed by atoms with Gasteiger partial charge in [0.15, 0.2) is 5.84 Å². The maximum Gasteiger partial charge on any atom is 0.335 e. The molecule has 0 aromatic heterocycles. The highest BCUT2D eigenvalue weighted by Crippen LogP contribution is 2.30. The van der Waals surface area contributed by atoms with Crippen LogP contribution in [0, 0.1) is 11.3 Å². The van der Waals surface area contributed by atoms with Crippen molar-refractivity contribution in [2.45, 2.75) is 59.4 Å². The lowest BCUT2D eigenvalue weighted by Crippen LogP contribution is -2.50. The lowest BCUT2D eigenvalue weighted by molar-refractivity contribution is -0.126. The number of amides is 1. The van der Waals surface area contributed by atoms with Crippen molar-refractivity contribution < 1.29 is 14.7 Å². The number of benzene rings is 1. The molecule has 1 aliphatic rings. The van der Waals surface area contributed by atoms with Crippen LogP contribution in [-0.4, -0.2) is 59.8 Å². The van der Waals surface area contributed by atoms with E-state index >= 15 is 0 Å². The molecule has 1 aromatic rings. The third kappa shape index (κ3) is 6.07. The van der Waals surface area contributed by atoms with Crippen LogP contribution in [0.3, 0.4) is 0 Å². The lowest BCUT2D eigenvalue weighted by atomic mass is 9.84. The molecule has 0 saturated carbocycles. The van der Waals surface area contributed by atoms with Crippen LogP contribution in [0.1, 0.15) is 75.3 Å². The number of likely N-dealkylation sites (N-methyl/N-ethyl adjacent to an activating group) is 1. The first-order valence-electron chi connectivity index (χ1n) is 10.9. The highest BCUT2D eigenvalue weighted by molar-refractivity contribution is 6.37. The molecule has 1 fully saturated rings. The van der Waals surface area contributed by atoms with Gasteiger partial charge in [-0.2, -0.15) is 0 Å². The standard InChI is InChI=1S/C24H37N3O3/c1-17(2)8-13-20(18-9-11-19(12-10-18)23(29)30)26(6)22(28)21(25-5)27-15-7-14-24(3,4)16-27/h9-12,17,20H,7-8,13-16H2,1-6H3,(H,29,30)/t20-/m1/s1. The van der Waals surface area contributed by atoms with Crippen LogP contribution in [-0.2, 0) is 4.79 Å². The van der Waals surface area contributed by atoms with E-state index in [4.69, 9.17) is 0 Å². The molecule has 166 valence electrons. The quantitative estimate of drug-likeness (QED) is 0.549. The zero-order chi connectivity index (χ0) is 22.5. The van der Waals surface area contributed by atoms with Crippen molar-refractivity contribution in [3.63, 3.8) is 0 Å². The number of carboxylic acids is 1. The van der Waals surface area contributed by atoms with E-state index in [0.717, 1.165) is 44.3 Å². The Hall–Kier alpha value is -2.37. The molecule has 0 unspecified atom stereocenters. The van der Waals surface area contributed by atoms with Crippen molar-refractivity contribution >= 4 is 17.7 Å². The number of nitrogens with zero attached hydrogens (tertiary/aromatic N) is 3. The summed E-state index contributed by atoms with van der Waals surface area (Å²) in [6.45, 7) is 10.5. The van der Waals surface area contributed by atoms with Gasteiger partial charge in [0.1, 0.15) is 0 Å². The summed E-state index contributed by atoms with van der Waals surface area (Å²) in [5.74, 6) is 0.00238. The van der Waals surface area contributed by atoms with Crippen molar-refractivity contribution in [3.8, 4) is 0 Å². The molecule has 0 bridgehead atoms. The molecule has 1 heterocycles. The molecule has 1 amide bonds. The summed E-state index contributed by atoms with van der Waals surface area (Å²) in [4.78, 5) is 33.0. The van der Waals surface area contributed by atoms with Gasteiger partial charge in [-0.15, -0.1) is 0 Å². The average Bonchev–Trinajstić information content (AvgIpc) is 2.67. The molecule has 0 spiro atoms. The molecule has 0 aliphatic carbocycles. The number of likely N-dealkylation sites (tertiary alicyclic amines) is 1. The van der Waals surface area contributed by atoms with E-state index in [9.17, 15) is 14.7 Å². The summed E-state index contributed by atoms with van der Waals surface area (Å²) >= 11 is 0. The van der Waals surface area contributed by atoms with E-state index in [1.54, 1.807) is 24.1 Å². The van der Waals surface area contributed by atoms with Gasteiger partial charge in [-0.1, -0.05) is 39.8 Å². The van der Waals surface area contributed by atoms with Gasteiger partial charge in [-0.3, -0.25) is 9.79 Å². The second kappa shape index (κ2) is 10.1. The smallest absolute Gasteiger partial charge is 0.335 e. The van der Waals surface area contributed by atoms with Gasteiger partial charge in [0.2, 0.25) is 0 Å². The lowest BCUT2D eigenvalue weighted by Gasteiger charge is -2.40. The summed E-state index contributed by atoms with van der Waals surface area (Å²) < 4.78 is 0. The maximum absolute atomic E-state index is 13.5. The number of piperidine rings is 1. The van der Waals surface area contributed by atoms with Crippen molar-refractivity contribution in [1.29, 1.82) is 0 Å². The Kier molecular flexibility index (Phi) is 8.04. The molecular weight excluding hydrogens is 378 g/mol. The van der Waals surface area contributed by atoms with E-state index in [2.05, 4.69) is 37.6 Å².